The Morgan fingerprint density at radius 3 is 2.75 bits per heavy atom. The zero-order valence-corrected chi connectivity index (χ0v) is 10.9. The van der Waals surface area contributed by atoms with E-state index in [1.54, 1.807) is 0 Å². The summed E-state index contributed by atoms with van der Waals surface area (Å²) in [5, 5.41) is 3.31. The number of ether oxygens (including phenoxy) is 1. The van der Waals surface area contributed by atoms with Crippen LogP contribution in [-0.4, -0.2) is 27.8 Å². The maximum absolute atomic E-state index is 5.69. The third-order valence-electron chi connectivity index (χ3n) is 2.22. The van der Waals surface area contributed by atoms with Crippen LogP contribution in [0.2, 0.25) is 0 Å². The molecule has 0 unspecified atom stereocenters. The first kappa shape index (κ1) is 13.0. The number of nitrogens with one attached hydrogen (secondary N) is 1. The third kappa shape index (κ3) is 3.85. The van der Waals surface area contributed by atoms with Crippen LogP contribution in [0.1, 0.15) is 34.6 Å². The van der Waals surface area contributed by atoms with Gasteiger partial charge < -0.3 is 14.6 Å². The van der Waals surface area contributed by atoms with Crippen LogP contribution in [0.4, 0.5) is 5.95 Å². The van der Waals surface area contributed by atoms with Crippen LogP contribution in [0.3, 0.4) is 0 Å². The monoisotopic (exact) mass is 225 g/mol. The number of rotatable bonds is 6. The molecule has 1 aromatic heterocycles. The van der Waals surface area contributed by atoms with Crippen molar-refractivity contribution in [3.05, 3.63) is 12.4 Å². The summed E-state index contributed by atoms with van der Waals surface area (Å²) in [5.74, 6) is 0.905. The van der Waals surface area contributed by atoms with E-state index in [2.05, 4.69) is 42.6 Å². The molecule has 0 bridgehead atoms. The molecule has 0 amide bonds. The fraction of sp³-hybridized carbons (Fsp3) is 0.750. The van der Waals surface area contributed by atoms with Gasteiger partial charge in [-0.2, -0.15) is 0 Å². The predicted octanol–water partition coefficient (Wildman–Crippen LogP) is 2.52. The second kappa shape index (κ2) is 5.34. The van der Waals surface area contributed by atoms with Gasteiger partial charge in [0.25, 0.3) is 0 Å². The molecule has 4 nitrogen and oxygen atoms in total. The summed E-state index contributed by atoms with van der Waals surface area (Å²) in [4.78, 5) is 4.30. The van der Waals surface area contributed by atoms with Crippen LogP contribution in [0.5, 0.6) is 0 Å². The Balaban J connectivity index is 2.69. The minimum absolute atomic E-state index is 0.164. The molecule has 1 heterocycles. The van der Waals surface area contributed by atoms with E-state index in [1.807, 2.05) is 19.3 Å². The summed E-state index contributed by atoms with van der Waals surface area (Å²) in [7, 11) is 0. The van der Waals surface area contributed by atoms with Crippen molar-refractivity contribution in [3.63, 3.8) is 0 Å². The molecule has 1 rings (SSSR count). The van der Waals surface area contributed by atoms with Crippen molar-refractivity contribution < 1.29 is 4.74 Å². The Hall–Kier alpha value is -1.03. The van der Waals surface area contributed by atoms with Crippen LogP contribution >= 0.6 is 0 Å². The second-order valence-electron chi connectivity index (χ2n) is 4.87. The average molecular weight is 225 g/mol. The van der Waals surface area contributed by atoms with Gasteiger partial charge in [0.05, 0.1) is 12.1 Å². The van der Waals surface area contributed by atoms with E-state index in [9.17, 15) is 0 Å². The molecule has 92 valence electrons. The fourth-order valence-electron chi connectivity index (χ4n) is 1.68. The van der Waals surface area contributed by atoms with E-state index >= 15 is 0 Å². The molecule has 0 aromatic carbocycles. The summed E-state index contributed by atoms with van der Waals surface area (Å²) >= 11 is 0. The molecule has 0 atom stereocenters. The Kier molecular flexibility index (Phi) is 4.35. The van der Waals surface area contributed by atoms with Crippen molar-refractivity contribution in [2.75, 3.05) is 11.9 Å². The van der Waals surface area contributed by atoms with Crippen LogP contribution in [0.15, 0.2) is 12.4 Å². The van der Waals surface area contributed by atoms with Crippen LogP contribution in [-0.2, 0) is 11.3 Å². The maximum Gasteiger partial charge on any atom is 0.203 e. The summed E-state index contributed by atoms with van der Waals surface area (Å²) in [6.07, 6.45) is 3.79. The van der Waals surface area contributed by atoms with Crippen molar-refractivity contribution in [1.29, 1.82) is 0 Å². The molecular formula is C12H23N3O. The minimum atomic E-state index is -0.164. The lowest BCUT2D eigenvalue weighted by Gasteiger charge is -2.26. The van der Waals surface area contributed by atoms with Gasteiger partial charge in [0.15, 0.2) is 0 Å². The molecule has 4 heteroatoms. The van der Waals surface area contributed by atoms with Gasteiger partial charge in [-0.25, -0.2) is 4.98 Å². The molecule has 1 N–H and O–H groups in total. The second-order valence-corrected chi connectivity index (χ2v) is 4.87. The number of aromatic nitrogens is 2. The first-order valence-corrected chi connectivity index (χ1v) is 5.86. The third-order valence-corrected chi connectivity index (χ3v) is 2.22. The van der Waals surface area contributed by atoms with Gasteiger partial charge in [0.2, 0.25) is 5.95 Å². The summed E-state index contributed by atoms with van der Waals surface area (Å²) in [5.41, 5.74) is -0.164. The zero-order chi connectivity index (χ0) is 12.2. The van der Waals surface area contributed by atoms with E-state index in [4.69, 9.17) is 4.74 Å². The maximum atomic E-state index is 5.69. The summed E-state index contributed by atoms with van der Waals surface area (Å²) < 4.78 is 7.78. The first-order valence-electron chi connectivity index (χ1n) is 5.86. The molecule has 0 aliphatic heterocycles. The largest absolute Gasteiger partial charge is 0.374 e. The van der Waals surface area contributed by atoms with Gasteiger partial charge in [-0.1, -0.05) is 0 Å². The van der Waals surface area contributed by atoms with Crippen molar-refractivity contribution in [1.82, 2.24) is 9.55 Å². The molecular weight excluding hydrogens is 202 g/mol. The van der Waals surface area contributed by atoms with Crippen LogP contribution in [0.25, 0.3) is 0 Å². The highest BCUT2D eigenvalue weighted by molar-refractivity contribution is 5.27. The lowest BCUT2D eigenvalue weighted by atomic mass is 10.1. The standard InChI is InChI=1S/C12H23N3O/c1-6-16-12(4,5)9-15-8-7-13-11(15)14-10(2)3/h7-8,10H,6,9H2,1-5H3,(H,13,14). The average Bonchev–Trinajstić information content (AvgIpc) is 2.50. The quantitative estimate of drug-likeness (QED) is 0.808. The molecule has 0 saturated heterocycles. The Labute approximate surface area is 98.0 Å². The smallest absolute Gasteiger partial charge is 0.203 e. The normalized spacial score (nSPS) is 12.1. The number of anilines is 1. The predicted molar refractivity (Wildman–Crippen MR) is 66.7 cm³/mol. The zero-order valence-electron chi connectivity index (χ0n) is 10.9. The lowest BCUT2D eigenvalue weighted by Crippen LogP contribution is -2.31. The summed E-state index contributed by atoms with van der Waals surface area (Å²) in [6, 6.07) is 0.386. The van der Waals surface area contributed by atoms with Crippen LogP contribution < -0.4 is 5.32 Å². The van der Waals surface area contributed by atoms with Gasteiger partial charge >= 0.3 is 0 Å². The van der Waals surface area contributed by atoms with Crippen molar-refractivity contribution in [2.24, 2.45) is 0 Å². The van der Waals surface area contributed by atoms with E-state index in [0.717, 1.165) is 19.1 Å². The fourth-order valence-corrected chi connectivity index (χ4v) is 1.68. The molecule has 0 aliphatic carbocycles. The first-order chi connectivity index (χ1) is 7.44. The Morgan fingerprint density at radius 1 is 1.50 bits per heavy atom. The van der Waals surface area contributed by atoms with E-state index < -0.39 is 0 Å². The number of imidazole rings is 1. The highest BCUT2D eigenvalue weighted by Crippen LogP contribution is 2.16. The topological polar surface area (TPSA) is 39.1 Å². The molecule has 0 saturated carbocycles. The molecule has 0 fully saturated rings. The van der Waals surface area contributed by atoms with E-state index in [-0.39, 0.29) is 5.60 Å². The van der Waals surface area contributed by atoms with Crippen molar-refractivity contribution in [2.45, 2.75) is 52.8 Å². The summed E-state index contributed by atoms with van der Waals surface area (Å²) in [6.45, 7) is 11.9. The Bertz CT molecular complexity index is 318. The molecule has 16 heavy (non-hydrogen) atoms. The highest BCUT2D eigenvalue weighted by Gasteiger charge is 2.19. The minimum Gasteiger partial charge on any atom is -0.374 e. The lowest BCUT2D eigenvalue weighted by molar-refractivity contribution is -0.0220. The van der Waals surface area contributed by atoms with Gasteiger partial charge in [-0.15, -0.1) is 0 Å². The molecule has 0 spiro atoms. The van der Waals surface area contributed by atoms with Gasteiger partial charge in [0.1, 0.15) is 0 Å². The van der Waals surface area contributed by atoms with Gasteiger partial charge in [-0.3, -0.25) is 0 Å². The van der Waals surface area contributed by atoms with Gasteiger partial charge in [-0.05, 0) is 34.6 Å². The van der Waals surface area contributed by atoms with Gasteiger partial charge in [0, 0.05) is 25.0 Å². The number of hydrogen-bond donors (Lipinski definition) is 1. The van der Waals surface area contributed by atoms with Crippen LogP contribution in [0, 0.1) is 0 Å². The van der Waals surface area contributed by atoms with Crippen molar-refractivity contribution >= 4 is 5.95 Å². The number of hydrogen-bond acceptors (Lipinski definition) is 3. The number of nitrogens with zero attached hydrogens (tertiary/aromatic N) is 2. The van der Waals surface area contributed by atoms with E-state index in [0.29, 0.717) is 6.04 Å². The SMILES string of the molecule is CCOC(C)(C)Cn1ccnc1NC(C)C. The molecule has 0 radical (unpaired) electrons. The molecule has 1 aromatic rings. The van der Waals surface area contributed by atoms with E-state index in [1.165, 1.54) is 0 Å². The highest BCUT2D eigenvalue weighted by atomic mass is 16.5. The molecule has 0 aliphatic rings. The van der Waals surface area contributed by atoms with Crippen molar-refractivity contribution in [3.8, 4) is 0 Å². The Morgan fingerprint density at radius 2 is 2.19 bits per heavy atom.